The first kappa shape index (κ1) is 47.2. The third-order valence-electron chi connectivity index (χ3n) is 11.3. The Morgan fingerprint density at radius 3 is 0.905 bits per heavy atom. The minimum atomic E-state index is -1.02. The quantitative estimate of drug-likeness (QED) is 0.0512. The Labute approximate surface area is 406 Å². The van der Waals surface area contributed by atoms with Gasteiger partial charge in [0.1, 0.15) is 37.1 Å². The molecule has 312 valence electrons. The average Bonchev–Trinajstić information content (AvgIpc) is 3.32. The van der Waals surface area contributed by atoms with E-state index < -0.39 is 15.8 Å². The fourth-order valence-electron chi connectivity index (χ4n) is 8.62. The third kappa shape index (κ3) is 10.6. The molecule has 0 aromatic heterocycles. The molecular weight excluding hydrogens is 1160 g/mol. The van der Waals surface area contributed by atoms with Crippen LogP contribution in [0.15, 0.2) is 231 Å². The van der Waals surface area contributed by atoms with E-state index in [-0.39, 0.29) is 49.7 Å². The van der Waals surface area contributed by atoms with Crippen LogP contribution in [-0.2, 0) is 44.8 Å². The molecule has 63 heavy (non-hydrogen) atoms. The van der Waals surface area contributed by atoms with E-state index in [9.17, 15) is 0 Å². The van der Waals surface area contributed by atoms with Crippen molar-refractivity contribution in [3.05, 3.63) is 254 Å². The summed E-state index contributed by atoms with van der Waals surface area (Å²) in [6, 6.07) is 81.6. The van der Waals surface area contributed by atoms with E-state index in [1.54, 1.807) is 0 Å². The van der Waals surface area contributed by atoms with Gasteiger partial charge in [0.25, 0.3) is 0 Å². The van der Waals surface area contributed by atoms with E-state index in [4.69, 9.17) is 12.8 Å². The minimum Gasteiger partial charge on any atom is -0.366 e. The molecule has 0 unspecified atom stereocenters. The molecule has 0 spiro atoms. The van der Waals surface area contributed by atoms with Gasteiger partial charge in [-0.2, -0.15) is 0 Å². The van der Waals surface area contributed by atoms with Gasteiger partial charge >= 0.3 is 44.8 Å². The average molecular weight is 1210 g/mol. The van der Waals surface area contributed by atoms with Crippen LogP contribution in [0.25, 0.3) is 43.1 Å². The van der Waals surface area contributed by atoms with Crippen molar-refractivity contribution in [1.29, 1.82) is 0 Å². The second kappa shape index (κ2) is 22.4. The predicted octanol–water partition coefficient (Wildman–Crippen LogP) is 13.3. The molecule has 0 aliphatic heterocycles. The summed E-state index contributed by atoms with van der Waals surface area (Å²) >= 11 is 0. The molecule has 0 fully saturated rings. The van der Waals surface area contributed by atoms with Crippen LogP contribution in [-0.4, -0.2) is 4.90 Å². The van der Waals surface area contributed by atoms with Gasteiger partial charge < -0.3 is 12.8 Å². The van der Waals surface area contributed by atoms with Gasteiger partial charge in [-0.3, -0.25) is 11.8 Å². The standard InChI is InChI=1S/C27H26P2.2C16H9.2Au/c1-27(2,28(23-15-7-3-8-16-23)24-17-9-4-10-18-24)29(25-19-11-5-12-20-25)26-21-13-6-14-22-26;2*1-2-12-7-5-9-16-14-8-4-3-6-13(14)10-11-15(12)16;;/h3-22H,1-2H3;2*3-11H;;/q;2*-1;2*+1/p+2. The summed E-state index contributed by atoms with van der Waals surface area (Å²) in [4.78, 5) is 0.154. The Hall–Kier alpha value is -5.30. The van der Waals surface area contributed by atoms with Gasteiger partial charge in [0.2, 0.25) is 0 Å². The van der Waals surface area contributed by atoms with Gasteiger partial charge in [-0.1, -0.05) is 181 Å². The van der Waals surface area contributed by atoms with Crippen molar-refractivity contribution in [3.63, 3.8) is 0 Å². The van der Waals surface area contributed by atoms with Gasteiger partial charge in [0.05, 0.1) is 0 Å². The first-order valence-corrected chi connectivity index (χ1v) is 23.6. The van der Waals surface area contributed by atoms with Gasteiger partial charge in [0, 0.05) is 13.8 Å². The largest absolute Gasteiger partial charge is 1.00 e. The minimum absolute atomic E-state index is 0. The number of hydrogen-bond acceptors (Lipinski definition) is 0. The van der Waals surface area contributed by atoms with Gasteiger partial charge in [-0.15, -0.1) is 23.3 Å². The molecular formula is C59H46Au2P2+2. The predicted molar refractivity (Wildman–Crippen MR) is 270 cm³/mol. The van der Waals surface area contributed by atoms with E-state index in [0.717, 1.165) is 21.9 Å². The van der Waals surface area contributed by atoms with Crippen molar-refractivity contribution >= 4 is 80.2 Å². The Bertz CT molecular complexity index is 2840. The van der Waals surface area contributed by atoms with E-state index in [1.165, 1.54) is 53.5 Å². The molecule has 0 amide bonds. The molecule has 0 saturated carbocycles. The SMILES string of the molecule is CC(C)([PH+](c1ccccc1)c1ccccc1)[PH+](c1ccccc1)c1ccccc1.[Au+].[Au+].[C-]#Cc1cccc2c1ccc1ccccc12.[C-]#Cc1cccc2c1ccc1ccccc12. The Morgan fingerprint density at radius 1 is 0.302 bits per heavy atom. The van der Waals surface area contributed by atoms with Crippen LogP contribution in [0.1, 0.15) is 25.0 Å². The Morgan fingerprint density at radius 2 is 0.587 bits per heavy atom. The molecule has 0 saturated heterocycles. The summed E-state index contributed by atoms with van der Waals surface area (Å²) < 4.78 is 0. The molecule has 0 aliphatic carbocycles. The first-order valence-electron chi connectivity index (χ1n) is 20.6. The Kier molecular flexibility index (Phi) is 16.7. The zero-order valence-electron chi connectivity index (χ0n) is 35.0. The van der Waals surface area contributed by atoms with Crippen molar-refractivity contribution in [2.24, 2.45) is 0 Å². The van der Waals surface area contributed by atoms with Gasteiger partial charge in [-0.25, -0.2) is 0 Å². The zero-order valence-corrected chi connectivity index (χ0v) is 41.4. The molecule has 0 aliphatic rings. The summed E-state index contributed by atoms with van der Waals surface area (Å²) in [6.07, 6.45) is 14.6. The normalized spacial score (nSPS) is 10.7. The van der Waals surface area contributed by atoms with Crippen molar-refractivity contribution in [2.45, 2.75) is 18.7 Å². The molecule has 4 heteroatoms. The second-order valence-corrected chi connectivity index (χ2v) is 22.3. The van der Waals surface area contributed by atoms with Crippen LogP contribution < -0.4 is 21.2 Å². The van der Waals surface area contributed by atoms with Crippen molar-refractivity contribution < 1.29 is 44.8 Å². The topological polar surface area (TPSA) is 0 Å². The molecule has 0 radical (unpaired) electrons. The number of benzene rings is 10. The molecule has 0 bridgehead atoms. The summed E-state index contributed by atoms with van der Waals surface area (Å²) in [5.41, 5.74) is 1.70. The molecule has 0 N–H and O–H groups in total. The van der Waals surface area contributed by atoms with Gasteiger partial charge in [0.15, 0.2) is 4.90 Å². The van der Waals surface area contributed by atoms with E-state index in [2.05, 4.69) is 208 Å². The summed E-state index contributed by atoms with van der Waals surface area (Å²) in [6.45, 7) is 5.02. The smallest absolute Gasteiger partial charge is 0.366 e. The molecule has 0 heterocycles. The maximum atomic E-state index is 7.28. The van der Waals surface area contributed by atoms with Crippen LogP contribution in [0.4, 0.5) is 0 Å². The molecule has 0 atom stereocenters. The van der Waals surface area contributed by atoms with Crippen molar-refractivity contribution in [3.8, 4) is 11.8 Å². The summed E-state index contributed by atoms with van der Waals surface area (Å²) in [5.74, 6) is 4.97. The number of fused-ring (bicyclic) bond motifs is 6. The fourth-order valence-corrected chi connectivity index (χ4v) is 17.0. The van der Waals surface area contributed by atoms with Gasteiger partial charge in [-0.05, 0) is 80.8 Å². The van der Waals surface area contributed by atoms with Crippen molar-refractivity contribution in [2.75, 3.05) is 0 Å². The van der Waals surface area contributed by atoms with Crippen LogP contribution >= 0.6 is 15.8 Å². The van der Waals surface area contributed by atoms with Crippen LogP contribution in [0.2, 0.25) is 0 Å². The first-order chi connectivity index (χ1) is 30.0. The zero-order chi connectivity index (χ0) is 42.0. The van der Waals surface area contributed by atoms with E-state index in [0.29, 0.717) is 0 Å². The molecule has 10 aromatic carbocycles. The van der Waals surface area contributed by atoms with E-state index >= 15 is 0 Å². The number of rotatable bonds is 6. The molecule has 10 rings (SSSR count). The summed E-state index contributed by atoms with van der Waals surface area (Å²) in [5, 5.41) is 15.5. The molecule has 10 aromatic rings. The number of hydrogen-bond donors (Lipinski definition) is 0. The molecule has 0 nitrogen and oxygen atoms in total. The summed E-state index contributed by atoms with van der Waals surface area (Å²) in [7, 11) is -2.05. The van der Waals surface area contributed by atoms with Crippen LogP contribution in [0, 0.1) is 24.7 Å². The second-order valence-electron chi connectivity index (χ2n) is 15.5. The maximum Gasteiger partial charge on any atom is 1.00 e. The van der Waals surface area contributed by atoms with Crippen LogP contribution in [0.5, 0.6) is 0 Å². The fraction of sp³-hybridized carbons (Fsp3) is 0.0508. The third-order valence-corrected chi connectivity index (χ3v) is 19.0. The Balaban J connectivity index is 0.000000166. The maximum absolute atomic E-state index is 7.28. The van der Waals surface area contributed by atoms with Crippen LogP contribution in [0.3, 0.4) is 0 Å². The van der Waals surface area contributed by atoms with E-state index in [1.807, 2.05) is 48.5 Å². The van der Waals surface area contributed by atoms with Crippen molar-refractivity contribution in [1.82, 2.24) is 0 Å². The monoisotopic (exact) mass is 1210 g/mol.